The lowest BCUT2D eigenvalue weighted by Crippen LogP contribution is -2.34. The number of hydrogen-bond donors (Lipinski definition) is 0. The summed E-state index contributed by atoms with van der Waals surface area (Å²) in [5, 5.41) is -0.182. The highest BCUT2D eigenvalue weighted by atomic mass is 35.5. The Morgan fingerprint density at radius 3 is 2.71 bits per heavy atom. The van der Waals surface area contributed by atoms with Gasteiger partial charge in [0, 0.05) is 26.3 Å². The lowest BCUT2D eigenvalue weighted by atomic mass is 10.1. The molecular formula is C13H18ClNO2. The minimum Gasteiger partial charge on any atom is -0.383 e. The molecule has 1 rings (SSSR count). The Morgan fingerprint density at radius 1 is 1.47 bits per heavy atom. The van der Waals surface area contributed by atoms with Gasteiger partial charge in [-0.15, -0.1) is 11.6 Å². The third-order valence-electron chi connectivity index (χ3n) is 2.54. The predicted molar refractivity (Wildman–Crippen MR) is 69.7 cm³/mol. The molecule has 0 N–H and O–H groups in total. The number of halogens is 1. The van der Waals surface area contributed by atoms with E-state index in [1.807, 2.05) is 31.2 Å². The van der Waals surface area contributed by atoms with Crippen molar-refractivity contribution in [3.8, 4) is 0 Å². The van der Waals surface area contributed by atoms with Crippen molar-refractivity contribution < 1.29 is 9.53 Å². The van der Waals surface area contributed by atoms with Crippen molar-refractivity contribution in [3.05, 3.63) is 35.4 Å². The van der Waals surface area contributed by atoms with Gasteiger partial charge in [-0.25, -0.2) is 0 Å². The molecule has 1 unspecified atom stereocenters. The van der Waals surface area contributed by atoms with Crippen LogP contribution < -0.4 is 0 Å². The van der Waals surface area contributed by atoms with Gasteiger partial charge in [0.15, 0.2) is 0 Å². The van der Waals surface area contributed by atoms with Crippen LogP contribution in [0.25, 0.3) is 0 Å². The summed E-state index contributed by atoms with van der Waals surface area (Å²) in [4.78, 5) is 13.8. The van der Waals surface area contributed by atoms with Crippen molar-refractivity contribution >= 4 is 17.5 Å². The highest BCUT2D eigenvalue weighted by molar-refractivity contribution is 6.21. The van der Waals surface area contributed by atoms with E-state index >= 15 is 0 Å². The Kier molecular flexibility index (Phi) is 5.45. The minimum atomic E-state index is -0.182. The lowest BCUT2D eigenvalue weighted by molar-refractivity contribution is 0.0781. The fraction of sp³-hybridized carbons (Fsp3) is 0.462. The second-order valence-corrected chi connectivity index (χ2v) is 4.67. The predicted octanol–water partition coefficient (Wildman–Crippen LogP) is 2.32. The van der Waals surface area contributed by atoms with Crippen LogP contribution >= 0.6 is 11.6 Å². The number of aryl methyl sites for hydroxylation is 1. The van der Waals surface area contributed by atoms with E-state index in [4.69, 9.17) is 16.3 Å². The van der Waals surface area contributed by atoms with Crippen LogP contribution in [-0.2, 0) is 4.74 Å². The molecule has 0 aliphatic heterocycles. The summed E-state index contributed by atoms with van der Waals surface area (Å²) in [6.45, 7) is 2.84. The fourth-order valence-corrected chi connectivity index (χ4v) is 1.97. The molecule has 0 aromatic heterocycles. The number of carbonyl (C=O) groups is 1. The number of carbonyl (C=O) groups excluding carboxylic acids is 1. The van der Waals surface area contributed by atoms with Crippen molar-refractivity contribution in [1.29, 1.82) is 0 Å². The van der Waals surface area contributed by atoms with E-state index in [1.165, 1.54) is 0 Å². The first-order valence-electron chi connectivity index (χ1n) is 5.50. The average molecular weight is 256 g/mol. The maximum absolute atomic E-state index is 12.1. The van der Waals surface area contributed by atoms with Crippen LogP contribution in [0.1, 0.15) is 15.9 Å². The van der Waals surface area contributed by atoms with Gasteiger partial charge in [-0.3, -0.25) is 4.79 Å². The molecule has 0 heterocycles. The zero-order valence-corrected chi connectivity index (χ0v) is 11.2. The van der Waals surface area contributed by atoms with Crippen molar-refractivity contribution in [2.75, 3.05) is 27.3 Å². The number of rotatable bonds is 5. The van der Waals surface area contributed by atoms with E-state index < -0.39 is 0 Å². The standard InChI is InChI=1S/C13H18ClNO2/c1-10-6-4-5-7-12(10)13(16)15(2)8-11(14)9-17-3/h4-7,11H,8-9H2,1-3H3. The Balaban J connectivity index is 2.67. The summed E-state index contributed by atoms with van der Waals surface area (Å²) in [7, 11) is 3.35. The topological polar surface area (TPSA) is 29.5 Å². The average Bonchev–Trinajstić information content (AvgIpc) is 2.29. The third kappa shape index (κ3) is 4.02. The molecule has 4 heteroatoms. The fourth-order valence-electron chi connectivity index (χ4n) is 1.63. The Labute approximate surface area is 107 Å². The van der Waals surface area contributed by atoms with Gasteiger partial charge in [-0.05, 0) is 18.6 Å². The molecule has 1 aromatic carbocycles. The van der Waals surface area contributed by atoms with Crippen LogP contribution in [0.3, 0.4) is 0 Å². The molecule has 0 radical (unpaired) electrons. The van der Waals surface area contributed by atoms with Gasteiger partial charge in [0.2, 0.25) is 0 Å². The number of amides is 1. The monoisotopic (exact) mass is 255 g/mol. The second-order valence-electron chi connectivity index (χ2n) is 4.05. The van der Waals surface area contributed by atoms with Crippen LogP contribution in [0.15, 0.2) is 24.3 Å². The van der Waals surface area contributed by atoms with Gasteiger partial charge in [-0.1, -0.05) is 18.2 Å². The highest BCUT2D eigenvalue weighted by Crippen LogP contribution is 2.11. The van der Waals surface area contributed by atoms with Crippen LogP contribution in [0.5, 0.6) is 0 Å². The summed E-state index contributed by atoms with van der Waals surface area (Å²) < 4.78 is 4.94. The smallest absolute Gasteiger partial charge is 0.253 e. The normalized spacial score (nSPS) is 12.2. The lowest BCUT2D eigenvalue weighted by Gasteiger charge is -2.20. The summed E-state index contributed by atoms with van der Waals surface area (Å²) in [6, 6.07) is 7.53. The molecule has 0 bridgehead atoms. The van der Waals surface area contributed by atoms with E-state index in [0.29, 0.717) is 13.2 Å². The summed E-state index contributed by atoms with van der Waals surface area (Å²) in [6.07, 6.45) is 0. The van der Waals surface area contributed by atoms with Crippen LogP contribution in [-0.4, -0.2) is 43.5 Å². The molecular weight excluding hydrogens is 238 g/mol. The highest BCUT2D eigenvalue weighted by Gasteiger charge is 2.16. The van der Waals surface area contributed by atoms with Gasteiger partial charge < -0.3 is 9.64 Å². The number of alkyl halides is 1. The van der Waals surface area contributed by atoms with E-state index in [1.54, 1.807) is 19.1 Å². The number of hydrogen-bond acceptors (Lipinski definition) is 2. The molecule has 1 aromatic rings. The van der Waals surface area contributed by atoms with Gasteiger partial charge in [0.25, 0.3) is 5.91 Å². The molecule has 0 saturated heterocycles. The van der Waals surface area contributed by atoms with E-state index in [2.05, 4.69) is 0 Å². The zero-order valence-electron chi connectivity index (χ0n) is 10.4. The van der Waals surface area contributed by atoms with E-state index in [9.17, 15) is 4.79 Å². The van der Waals surface area contributed by atoms with Gasteiger partial charge in [-0.2, -0.15) is 0 Å². The number of benzene rings is 1. The van der Waals surface area contributed by atoms with Crippen molar-refractivity contribution in [3.63, 3.8) is 0 Å². The molecule has 1 amide bonds. The molecule has 17 heavy (non-hydrogen) atoms. The molecule has 0 saturated carbocycles. The third-order valence-corrected chi connectivity index (χ3v) is 2.81. The molecule has 94 valence electrons. The zero-order chi connectivity index (χ0) is 12.8. The molecule has 0 aliphatic rings. The Morgan fingerprint density at radius 2 is 2.12 bits per heavy atom. The minimum absolute atomic E-state index is 0.00940. The molecule has 1 atom stereocenters. The second kappa shape index (κ2) is 6.62. The van der Waals surface area contributed by atoms with Gasteiger partial charge in [0.05, 0.1) is 12.0 Å². The molecule has 0 fully saturated rings. The first kappa shape index (κ1) is 14.0. The Bertz CT molecular complexity index is 381. The van der Waals surface area contributed by atoms with Crippen molar-refractivity contribution in [2.24, 2.45) is 0 Å². The van der Waals surface area contributed by atoms with Gasteiger partial charge >= 0.3 is 0 Å². The van der Waals surface area contributed by atoms with Crippen LogP contribution in [0.2, 0.25) is 0 Å². The quantitative estimate of drug-likeness (QED) is 0.756. The first-order chi connectivity index (χ1) is 8.06. The SMILES string of the molecule is COCC(Cl)CN(C)C(=O)c1ccccc1C. The van der Waals surface area contributed by atoms with Crippen molar-refractivity contribution in [1.82, 2.24) is 4.90 Å². The van der Waals surface area contributed by atoms with Crippen molar-refractivity contribution in [2.45, 2.75) is 12.3 Å². The number of ether oxygens (including phenoxy) is 1. The Hall–Kier alpha value is -1.06. The van der Waals surface area contributed by atoms with E-state index in [-0.39, 0.29) is 11.3 Å². The van der Waals surface area contributed by atoms with Crippen LogP contribution in [0.4, 0.5) is 0 Å². The molecule has 0 aliphatic carbocycles. The summed E-state index contributed by atoms with van der Waals surface area (Å²) in [5.74, 6) is -0.00940. The molecule has 3 nitrogen and oxygen atoms in total. The van der Waals surface area contributed by atoms with E-state index in [0.717, 1.165) is 11.1 Å². The summed E-state index contributed by atoms with van der Waals surface area (Å²) in [5.41, 5.74) is 1.69. The first-order valence-corrected chi connectivity index (χ1v) is 5.94. The number of methoxy groups -OCH3 is 1. The maximum atomic E-state index is 12.1. The van der Waals surface area contributed by atoms with Crippen LogP contribution in [0, 0.1) is 6.92 Å². The molecule has 0 spiro atoms. The number of nitrogens with zero attached hydrogens (tertiary/aromatic N) is 1. The largest absolute Gasteiger partial charge is 0.383 e. The summed E-state index contributed by atoms with van der Waals surface area (Å²) >= 11 is 6.03. The maximum Gasteiger partial charge on any atom is 0.253 e. The van der Waals surface area contributed by atoms with Gasteiger partial charge in [0.1, 0.15) is 0 Å².